The van der Waals surface area contributed by atoms with Crippen LogP contribution in [0.25, 0.3) is 0 Å². The van der Waals surface area contributed by atoms with E-state index in [0.29, 0.717) is 16.6 Å². The molecule has 4 heteroatoms. The molecule has 1 aliphatic rings. The van der Waals surface area contributed by atoms with E-state index in [0.717, 1.165) is 29.7 Å². The maximum Gasteiger partial charge on any atom is 0.129 e. The van der Waals surface area contributed by atoms with Crippen LogP contribution >= 0.6 is 15.9 Å². The van der Waals surface area contributed by atoms with Gasteiger partial charge in [0.1, 0.15) is 11.6 Å². The molecule has 20 heavy (non-hydrogen) atoms. The maximum atomic E-state index is 14.1. The van der Waals surface area contributed by atoms with Crippen molar-refractivity contribution in [3.05, 3.63) is 63.4 Å². The summed E-state index contributed by atoms with van der Waals surface area (Å²) >= 11 is 3.26. The van der Waals surface area contributed by atoms with E-state index in [4.69, 9.17) is 10.5 Å². The van der Waals surface area contributed by atoms with Gasteiger partial charge in [-0.25, -0.2) is 4.39 Å². The Labute approximate surface area is 125 Å². The zero-order valence-corrected chi connectivity index (χ0v) is 12.5. The van der Waals surface area contributed by atoms with Gasteiger partial charge < -0.3 is 10.5 Å². The summed E-state index contributed by atoms with van der Waals surface area (Å²) in [6.45, 7) is 0.694. The third-order valence-corrected chi connectivity index (χ3v) is 4.09. The second-order valence-corrected chi connectivity index (χ2v) is 5.85. The highest BCUT2D eigenvalue weighted by Crippen LogP contribution is 2.35. The van der Waals surface area contributed by atoms with Gasteiger partial charge in [-0.1, -0.05) is 40.2 Å². The zero-order chi connectivity index (χ0) is 14.1. The lowest BCUT2D eigenvalue weighted by molar-refractivity contribution is 0.284. The second kappa shape index (κ2) is 5.54. The van der Waals surface area contributed by atoms with Gasteiger partial charge >= 0.3 is 0 Å². The third-order valence-electron chi connectivity index (χ3n) is 3.60. The van der Waals surface area contributed by atoms with E-state index in [-0.39, 0.29) is 5.82 Å². The number of para-hydroxylation sites is 1. The minimum atomic E-state index is -0.517. The molecular formula is C16H15BrFNO. The first-order valence-corrected chi connectivity index (χ1v) is 7.41. The van der Waals surface area contributed by atoms with Gasteiger partial charge in [-0.05, 0) is 30.5 Å². The molecule has 2 aromatic rings. The fourth-order valence-corrected chi connectivity index (χ4v) is 2.91. The van der Waals surface area contributed by atoms with Gasteiger partial charge in [-0.3, -0.25) is 0 Å². The zero-order valence-electron chi connectivity index (χ0n) is 10.9. The Morgan fingerprint density at radius 1 is 1.20 bits per heavy atom. The predicted molar refractivity (Wildman–Crippen MR) is 80.4 cm³/mol. The highest BCUT2D eigenvalue weighted by molar-refractivity contribution is 9.10. The van der Waals surface area contributed by atoms with Crippen LogP contribution < -0.4 is 10.5 Å². The van der Waals surface area contributed by atoms with Crippen LogP contribution in [0.1, 0.15) is 29.2 Å². The monoisotopic (exact) mass is 335 g/mol. The Bertz CT molecular complexity index is 644. The molecule has 2 N–H and O–H groups in total. The van der Waals surface area contributed by atoms with Crippen LogP contribution in [0.3, 0.4) is 0 Å². The number of fused-ring (bicyclic) bond motifs is 1. The molecule has 1 unspecified atom stereocenters. The molecule has 0 saturated heterocycles. The van der Waals surface area contributed by atoms with E-state index < -0.39 is 6.04 Å². The average molecular weight is 336 g/mol. The van der Waals surface area contributed by atoms with Crippen molar-refractivity contribution in [2.45, 2.75) is 18.9 Å². The van der Waals surface area contributed by atoms with Crippen LogP contribution in [0, 0.1) is 5.82 Å². The minimum Gasteiger partial charge on any atom is -0.493 e. The summed E-state index contributed by atoms with van der Waals surface area (Å²) in [5.41, 5.74) is 8.74. The topological polar surface area (TPSA) is 35.2 Å². The van der Waals surface area contributed by atoms with E-state index in [9.17, 15) is 4.39 Å². The molecule has 0 amide bonds. The fraction of sp³-hybridized carbons (Fsp3) is 0.250. The summed E-state index contributed by atoms with van der Waals surface area (Å²) in [7, 11) is 0. The Morgan fingerprint density at radius 2 is 2.05 bits per heavy atom. The summed E-state index contributed by atoms with van der Waals surface area (Å²) in [4.78, 5) is 0. The van der Waals surface area contributed by atoms with Crippen molar-refractivity contribution in [1.29, 1.82) is 0 Å². The van der Waals surface area contributed by atoms with Crippen LogP contribution in [0.4, 0.5) is 4.39 Å². The molecule has 0 bridgehead atoms. The first-order valence-electron chi connectivity index (χ1n) is 6.62. The Kier molecular flexibility index (Phi) is 3.76. The molecule has 2 aromatic carbocycles. The number of nitrogens with two attached hydrogens (primary N) is 1. The molecule has 0 radical (unpaired) electrons. The van der Waals surface area contributed by atoms with Crippen molar-refractivity contribution in [1.82, 2.24) is 0 Å². The largest absolute Gasteiger partial charge is 0.493 e. The quantitative estimate of drug-likeness (QED) is 0.901. The second-order valence-electron chi connectivity index (χ2n) is 4.93. The van der Waals surface area contributed by atoms with Crippen molar-refractivity contribution in [3.63, 3.8) is 0 Å². The summed E-state index contributed by atoms with van der Waals surface area (Å²) in [5, 5.41) is 0. The third kappa shape index (κ3) is 2.45. The van der Waals surface area contributed by atoms with E-state index in [1.54, 1.807) is 12.1 Å². The Balaban J connectivity index is 2.04. The van der Waals surface area contributed by atoms with Gasteiger partial charge in [0.2, 0.25) is 0 Å². The number of rotatable bonds is 2. The van der Waals surface area contributed by atoms with Crippen LogP contribution in [0.5, 0.6) is 5.75 Å². The lowest BCUT2D eigenvalue weighted by atomic mass is 9.94. The Morgan fingerprint density at radius 3 is 2.85 bits per heavy atom. The first kappa shape index (κ1) is 13.6. The van der Waals surface area contributed by atoms with Gasteiger partial charge in [-0.2, -0.15) is 0 Å². The minimum absolute atomic E-state index is 0.305. The van der Waals surface area contributed by atoms with Gasteiger partial charge in [-0.15, -0.1) is 0 Å². The molecule has 0 aromatic heterocycles. The maximum absolute atomic E-state index is 14.1. The molecule has 3 rings (SSSR count). The number of hydrogen-bond acceptors (Lipinski definition) is 2. The van der Waals surface area contributed by atoms with Gasteiger partial charge in [0.25, 0.3) is 0 Å². The number of halogens is 2. The SMILES string of the molecule is NC(c1ccc(Br)cc1F)c1cccc2c1OCCC2. The van der Waals surface area contributed by atoms with E-state index >= 15 is 0 Å². The van der Waals surface area contributed by atoms with Crippen LogP contribution in [0.15, 0.2) is 40.9 Å². The van der Waals surface area contributed by atoms with Crippen LogP contribution in [0.2, 0.25) is 0 Å². The molecule has 104 valence electrons. The van der Waals surface area contributed by atoms with Crippen molar-refractivity contribution >= 4 is 15.9 Å². The van der Waals surface area contributed by atoms with Crippen molar-refractivity contribution in [2.24, 2.45) is 5.73 Å². The number of hydrogen-bond donors (Lipinski definition) is 1. The predicted octanol–water partition coefficient (Wildman–Crippen LogP) is 3.96. The molecule has 0 spiro atoms. The smallest absolute Gasteiger partial charge is 0.129 e. The van der Waals surface area contributed by atoms with Crippen molar-refractivity contribution < 1.29 is 9.13 Å². The highest BCUT2D eigenvalue weighted by Gasteiger charge is 2.21. The molecule has 0 aliphatic carbocycles. The van der Waals surface area contributed by atoms with E-state index in [1.165, 1.54) is 6.07 Å². The molecule has 1 atom stereocenters. The highest BCUT2D eigenvalue weighted by atomic mass is 79.9. The number of aryl methyl sites for hydroxylation is 1. The standard InChI is InChI=1S/C16H15BrFNO/c17-11-6-7-12(14(18)9-11)15(19)13-5-1-3-10-4-2-8-20-16(10)13/h1,3,5-7,9,15H,2,4,8,19H2. The summed E-state index contributed by atoms with van der Waals surface area (Å²) < 4.78 is 20.5. The fourth-order valence-electron chi connectivity index (χ4n) is 2.58. The molecule has 2 nitrogen and oxygen atoms in total. The molecule has 0 fully saturated rings. The van der Waals surface area contributed by atoms with Crippen molar-refractivity contribution in [2.75, 3.05) is 6.61 Å². The molecular weight excluding hydrogens is 321 g/mol. The van der Waals surface area contributed by atoms with Gasteiger partial charge in [0, 0.05) is 15.6 Å². The number of benzene rings is 2. The number of ether oxygens (including phenoxy) is 1. The van der Waals surface area contributed by atoms with Gasteiger partial charge in [0.05, 0.1) is 12.6 Å². The van der Waals surface area contributed by atoms with Crippen LogP contribution in [-0.2, 0) is 6.42 Å². The van der Waals surface area contributed by atoms with Crippen LogP contribution in [-0.4, -0.2) is 6.61 Å². The lowest BCUT2D eigenvalue weighted by Gasteiger charge is -2.23. The molecule has 0 saturated carbocycles. The first-order chi connectivity index (χ1) is 9.66. The normalized spacial score (nSPS) is 15.3. The summed E-state index contributed by atoms with van der Waals surface area (Å²) in [6.07, 6.45) is 2.00. The molecule has 1 aliphatic heterocycles. The Hall–Kier alpha value is -1.39. The summed E-state index contributed by atoms with van der Waals surface area (Å²) in [6, 6.07) is 10.3. The van der Waals surface area contributed by atoms with E-state index in [2.05, 4.69) is 15.9 Å². The summed E-state index contributed by atoms with van der Waals surface area (Å²) in [5.74, 6) is 0.522. The van der Waals surface area contributed by atoms with Crippen molar-refractivity contribution in [3.8, 4) is 5.75 Å². The molecule has 1 heterocycles. The van der Waals surface area contributed by atoms with E-state index in [1.807, 2.05) is 18.2 Å². The lowest BCUT2D eigenvalue weighted by Crippen LogP contribution is -2.18. The average Bonchev–Trinajstić information content (AvgIpc) is 2.46. The van der Waals surface area contributed by atoms with Gasteiger partial charge in [0.15, 0.2) is 0 Å².